The average molecular weight is 297 g/mol. The van der Waals surface area contributed by atoms with E-state index in [-0.39, 0.29) is 6.04 Å². The Morgan fingerprint density at radius 3 is 2.50 bits per heavy atom. The first-order valence-corrected chi connectivity index (χ1v) is 6.11. The van der Waals surface area contributed by atoms with E-state index in [1.54, 1.807) is 0 Å². The van der Waals surface area contributed by atoms with Crippen LogP contribution < -0.4 is 5.73 Å². The molecule has 0 saturated carbocycles. The molecule has 0 aromatic heterocycles. The van der Waals surface area contributed by atoms with E-state index in [1.165, 1.54) is 0 Å². The van der Waals surface area contributed by atoms with Crippen LogP contribution in [0.1, 0.15) is 17.2 Å². The van der Waals surface area contributed by atoms with Crippen LogP contribution in [-0.4, -0.2) is 0 Å². The number of rotatable bonds is 2. The summed E-state index contributed by atoms with van der Waals surface area (Å²) >= 11 is 9.45. The first-order chi connectivity index (χ1) is 7.68. The van der Waals surface area contributed by atoms with Crippen molar-refractivity contribution in [3.05, 3.63) is 69.2 Å². The Morgan fingerprint density at radius 2 is 1.81 bits per heavy atom. The van der Waals surface area contributed by atoms with Crippen LogP contribution in [0.3, 0.4) is 0 Å². The van der Waals surface area contributed by atoms with E-state index in [1.807, 2.05) is 48.5 Å². The second-order valence-electron chi connectivity index (χ2n) is 3.55. The molecule has 0 aliphatic heterocycles. The van der Waals surface area contributed by atoms with Crippen molar-refractivity contribution in [2.24, 2.45) is 5.73 Å². The molecule has 2 aromatic carbocycles. The van der Waals surface area contributed by atoms with Gasteiger partial charge in [-0.05, 0) is 29.3 Å². The number of hydrogen-bond donors (Lipinski definition) is 1. The van der Waals surface area contributed by atoms with Gasteiger partial charge in [-0.3, -0.25) is 0 Å². The number of halogens is 2. The van der Waals surface area contributed by atoms with Crippen LogP contribution in [0, 0.1) is 0 Å². The van der Waals surface area contributed by atoms with Gasteiger partial charge in [-0.15, -0.1) is 0 Å². The Kier molecular flexibility index (Phi) is 3.64. The second kappa shape index (κ2) is 5.00. The van der Waals surface area contributed by atoms with Gasteiger partial charge in [0.15, 0.2) is 0 Å². The second-order valence-corrected chi connectivity index (χ2v) is 4.84. The highest BCUT2D eigenvalue weighted by Crippen LogP contribution is 2.27. The van der Waals surface area contributed by atoms with Gasteiger partial charge in [0, 0.05) is 9.50 Å². The van der Waals surface area contributed by atoms with Gasteiger partial charge in [-0.1, -0.05) is 57.9 Å². The highest BCUT2D eigenvalue weighted by Gasteiger charge is 2.11. The molecule has 2 aromatic rings. The topological polar surface area (TPSA) is 26.0 Å². The third kappa shape index (κ3) is 2.46. The standard InChI is InChI=1S/C13H11BrClN/c14-12-7-2-1-6-11(12)13(16)9-4-3-5-10(15)8-9/h1-8,13H,16H2. The molecule has 0 radical (unpaired) electrons. The molecule has 0 heterocycles. The molecule has 0 saturated heterocycles. The Morgan fingerprint density at radius 1 is 1.06 bits per heavy atom. The van der Waals surface area contributed by atoms with E-state index in [9.17, 15) is 0 Å². The van der Waals surface area contributed by atoms with Crippen LogP contribution in [-0.2, 0) is 0 Å². The summed E-state index contributed by atoms with van der Waals surface area (Å²) in [6, 6.07) is 15.4. The number of nitrogens with two attached hydrogens (primary N) is 1. The van der Waals surface area contributed by atoms with Crippen molar-refractivity contribution < 1.29 is 0 Å². The minimum absolute atomic E-state index is 0.158. The molecule has 0 bridgehead atoms. The molecule has 0 spiro atoms. The van der Waals surface area contributed by atoms with E-state index in [2.05, 4.69) is 15.9 Å². The molecule has 2 rings (SSSR count). The zero-order chi connectivity index (χ0) is 11.5. The van der Waals surface area contributed by atoms with Gasteiger partial charge in [0.2, 0.25) is 0 Å². The maximum absolute atomic E-state index is 6.20. The van der Waals surface area contributed by atoms with Crippen molar-refractivity contribution in [1.29, 1.82) is 0 Å². The maximum Gasteiger partial charge on any atom is 0.0563 e. The molecule has 3 heteroatoms. The SMILES string of the molecule is NC(c1cccc(Cl)c1)c1ccccc1Br. The van der Waals surface area contributed by atoms with Crippen molar-refractivity contribution in [2.45, 2.75) is 6.04 Å². The van der Waals surface area contributed by atoms with Gasteiger partial charge in [0.05, 0.1) is 6.04 Å². The molecular weight excluding hydrogens is 286 g/mol. The smallest absolute Gasteiger partial charge is 0.0563 e. The molecule has 1 atom stereocenters. The minimum atomic E-state index is -0.158. The molecule has 1 unspecified atom stereocenters. The summed E-state index contributed by atoms with van der Waals surface area (Å²) in [7, 11) is 0. The van der Waals surface area contributed by atoms with E-state index < -0.39 is 0 Å². The Balaban J connectivity index is 2.39. The molecule has 16 heavy (non-hydrogen) atoms. The fourth-order valence-electron chi connectivity index (χ4n) is 1.61. The van der Waals surface area contributed by atoms with Crippen LogP contribution in [0.4, 0.5) is 0 Å². The van der Waals surface area contributed by atoms with Gasteiger partial charge in [-0.2, -0.15) is 0 Å². The van der Waals surface area contributed by atoms with Crippen LogP contribution in [0.25, 0.3) is 0 Å². The predicted molar refractivity (Wildman–Crippen MR) is 71.6 cm³/mol. The molecular formula is C13H11BrClN. The Hall–Kier alpha value is -0.830. The highest BCUT2D eigenvalue weighted by atomic mass is 79.9. The lowest BCUT2D eigenvalue weighted by molar-refractivity contribution is 0.866. The Bertz CT molecular complexity index is 499. The summed E-state index contributed by atoms with van der Waals surface area (Å²) in [5.41, 5.74) is 8.27. The monoisotopic (exact) mass is 295 g/mol. The maximum atomic E-state index is 6.20. The zero-order valence-electron chi connectivity index (χ0n) is 8.53. The third-order valence-corrected chi connectivity index (χ3v) is 3.41. The summed E-state index contributed by atoms with van der Waals surface area (Å²) in [5, 5.41) is 0.708. The summed E-state index contributed by atoms with van der Waals surface area (Å²) in [4.78, 5) is 0. The predicted octanol–water partition coefficient (Wildman–Crippen LogP) is 4.15. The lowest BCUT2D eigenvalue weighted by Crippen LogP contribution is -2.12. The van der Waals surface area contributed by atoms with Crippen molar-refractivity contribution in [2.75, 3.05) is 0 Å². The molecule has 82 valence electrons. The molecule has 0 amide bonds. The fraction of sp³-hybridized carbons (Fsp3) is 0.0769. The Labute approximate surface area is 108 Å². The highest BCUT2D eigenvalue weighted by molar-refractivity contribution is 9.10. The van der Waals surface area contributed by atoms with Crippen LogP contribution in [0.5, 0.6) is 0 Å². The molecule has 0 aliphatic carbocycles. The van der Waals surface area contributed by atoms with Gasteiger partial charge >= 0.3 is 0 Å². The quantitative estimate of drug-likeness (QED) is 0.885. The number of benzene rings is 2. The van der Waals surface area contributed by atoms with E-state index in [4.69, 9.17) is 17.3 Å². The molecule has 1 nitrogen and oxygen atoms in total. The van der Waals surface area contributed by atoms with Crippen molar-refractivity contribution in [3.63, 3.8) is 0 Å². The van der Waals surface area contributed by atoms with Crippen LogP contribution >= 0.6 is 27.5 Å². The molecule has 0 aliphatic rings. The van der Waals surface area contributed by atoms with E-state index in [0.717, 1.165) is 15.6 Å². The van der Waals surface area contributed by atoms with Crippen LogP contribution in [0.15, 0.2) is 53.0 Å². The average Bonchev–Trinajstić information content (AvgIpc) is 2.29. The molecule has 2 N–H and O–H groups in total. The van der Waals surface area contributed by atoms with Crippen molar-refractivity contribution in [1.82, 2.24) is 0 Å². The lowest BCUT2D eigenvalue weighted by Gasteiger charge is -2.14. The third-order valence-electron chi connectivity index (χ3n) is 2.45. The van der Waals surface area contributed by atoms with Gasteiger partial charge in [-0.25, -0.2) is 0 Å². The van der Waals surface area contributed by atoms with Gasteiger partial charge in [0.1, 0.15) is 0 Å². The van der Waals surface area contributed by atoms with Crippen molar-refractivity contribution in [3.8, 4) is 0 Å². The van der Waals surface area contributed by atoms with Gasteiger partial charge < -0.3 is 5.73 Å². The normalized spacial score (nSPS) is 12.4. The lowest BCUT2D eigenvalue weighted by atomic mass is 10.00. The zero-order valence-corrected chi connectivity index (χ0v) is 10.9. The summed E-state index contributed by atoms with van der Waals surface area (Å²) in [6.45, 7) is 0. The van der Waals surface area contributed by atoms with Crippen LogP contribution in [0.2, 0.25) is 5.02 Å². The summed E-state index contributed by atoms with van der Waals surface area (Å²) in [5.74, 6) is 0. The first-order valence-electron chi connectivity index (χ1n) is 4.94. The fourth-order valence-corrected chi connectivity index (χ4v) is 2.34. The summed E-state index contributed by atoms with van der Waals surface area (Å²) in [6.07, 6.45) is 0. The minimum Gasteiger partial charge on any atom is -0.320 e. The molecule has 0 fully saturated rings. The number of hydrogen-bond acceptors (Lipinski definition) is 1. The largest absolute Gasteiger partial charge is 0.320 e. The van der Waals surface area contributed by atoms with Gasteiger partial charge in [0.25, 0.3) is 0 Å². The van der Waals surface area contributed by atoms with E-state index in [0.29, 0.717) is 5.02 Å². The first kappa shape index (κ1) is 11.6. The van der Waals surface area contributed by atoms with Crippen molar-refractivity contribution >= 4 is 27.5 Å². The summed E-state index contributed by atoms with van der Waals surface area (Å²) < 4.78 is 1.02. The van der Waals surface area contributed by atoms with E-state index >= 15 is 0 Å².